The van der Waals surface area contributed by atoms with Gasteiger partial charge in [0.1, 0.15) is 11.9 Å². The van der Waals surface area contributed by atoms with Gasteiger partial charge in [0.15, 0.2) is 0 Å². The summed E-state index contributed by atoms with van der Waals surface area (Å²) in [6.45, 7) is 0. The lowest BCUT2D eigenvalue weighted by molar-refractivity contribution is -0.155. The summed E-state index contributed by atoms with van der Waals surface area (Å²) >= 11 is 0. The monoisotopic (exact) mass is 220 g/mol. The van der Waals surface area contributed by atoms with E-state index in [0.29, 0.717) is 6.42 Å². The number of ether oxygens (including phenoxy) is 1. The normalized spacial score (nSPS) is 37.2. The van der Waals surface area contributed by atoms with Gasteiger partial charge in [-0.15, -0.1) is 0 Å². The molecule has 3 atom stereocenters. The fraction of sp³-hybridized carbons (Fsp3) is 0.692. The van der Waals surface area contributed by atoms with Gasteiger partial charge in [0.2, 0.25) is 0 Å². The first kappa shape index (κ1) is 10.1. The molecule has 3 aliphatic rings. The molecule has 3 nitrogen and oxygen atoms in total. The average Bonchev–Trinajstić information content (AvgIpc) is 2.96. The molecule has 86 valence electrons. The maximum atomic E-state index is 11.9. The summed E-state index contributed by atoms with van der Waals surface area (Å²) in [6.07, 6.45) is 8.92. The van der Waals surface area contributed by atoms with E-state index in [1.54, 1.807) is 0 Å². The highest BCUT2D eigenvalue weighted by atomic mass is 16.5. The molecule has 0 aromatic carbocycles. The summed E-state index contributed by atoms with van der Waals surface area (Å²) in [7, 11) is 0. The van der Waals surface area contributed by atoms with Crippen molar-refractivity contribution >= 4 is 11.8 Å². The van der Waals surface area contributed by atoms with Crippen molar-refractivity contribution in [3.05, 3.63) is 12.2 Å². The molecule has 0 spiro atoms. The highest BCUT2D eigenvalue weighted by molar-refractivity contribution is 5.96. The summed E-state index contributed by atoms with van der Waals surface area (Å²) in [6, 6.07) is 0. The molecule has 16 heavy (non-hydrogen) atoms. The van der Waals surface area contributed by atoms with Crippen LogP contribution in [0.1, 0.15) is 32.1 Å². The molecular formula is C13H16O3. The largest absolute Gasteiger partial charge is 0.462 e. The Kier molecular flexibility index (Phi) is 2.34. The Labute approximate surface area is 94.8 Å². The standard InChI is InChI=1S/C13H16O3/c14-12-8-5-6-10(12)11(7-8)13(15)16-9-3-1-2-4-9/h5-6,8-11H,1-4,7H2. The number of esters is 1. The predicted octanol–water partition coefficient (Wildman–Crippen LogP) is 1.86. The van der Waals surface area contributed by atoms with Crippen LogP contribution in [0.15, 0.2) is 12.2 Å². The minimum absolute atomic E-state index is 0.00821. The molecule has 0 saturated heterocycles. The number of fused-ring (bicyclic) bond motifs is 2. The second-order valence-corrected chi connectivity index (χ2v) is 5.11. The van der Waals surface area contributed by atoms with Gasteiger partial charge in [-0.25, -0.2) is 0 Å². The van der Waals surface area contributed by atoms with E-state index in [9.17, 15) is 9.59 Å². The number of Topliss-reactive ketones (excluding diaryl/α,β-unsaturated/α-hetero) is 1. The van der Waals surface area contributed by atoms with Crippen LogP contribution < -0.4 is 0 Å². The third-order valence-corrected chi connectivity index (χ3v) is 4.07. The number of hydrogen-bond donors (Lipinski definition) is 0. The fourth-order valence-corrected chi connectivity index (χ4v) is 3.14. The molecule has 0 N–H and O–H groups in total. The first-order chi connectivity index (χ1) is 7.75. The molecule has 0 radical (unpaired) electrons. The fourth-order valence-electron chi connectivity index (χ4n) is 3.14. The first-order valence-corrected chi connectivity index (χ1v) is 6.18. The number of carbonyl (C=O) groups excluding carboxylic acids is 2. The summed E-state index contributed by atoms with van der Waals surface area (Å²) in [5, 5.41) is 0. The van der Waals surface area contributed by atoms with E-state index in [-0.39, 0.29) is 35.6 Å². The lowest BCUT2D eigenvalue weighted by Gasteiger charge is -2.18. The van der Waals surface area contributed by atoms with Crippen molar-refractivity contribution in [1.82, 2.24) is 0 Å². The van der Waals surface area contributed by atoms with Gasteiger partial charge in [0.25, 0.3) is 0 Å². The smallest absolute Gasteiger partial charge is 0.310 e. The van der Waals surface area contributed by atoms with Gasteiger partial charge in [-0.05, 0) is 32.1 Å². The van der Waals surface area contributed by atoms with Gasteiger partial charge in [-0.3, -0.25) is 9.59 Å². The van der Waals surface area contributed by atoms with Gasteiger partial charge < -0.3 is 4.74 Å². The minimum Gasteiger partial charge on any atom is -0.462 e. The van der Waals surface area contributed by atoms with Gasteiger partial charge in [0.05, 0.1) is 5.92 Å². The van der Waals surface area contributed by atoms with Crippen molar-refractivity contribution < 1.29 is 14.3 Å². The molecule has 3 aliphatic carbocycles. The third kappa shape index (κ3) is 1.49. The number of carbonyl (C=O) groups is 2. The zero-order valence-electron chi connectivity index (χ0n) is 9.22. The van der Waals surface area contributed by atoms with Crippen molar-refractivity contribution in [2.45, 2.75) is 38.2 Å². The van der Waals surface area contributed by atoms with Crippen molar-refractivity contribution in [2.75, 3.05) is 0 Å². The second-order valence-electron chi connectivity index (χ2n) is 5.11. The van der Waals surface area contributed by atoms with E-state index < -0.39 is 0 Å². The van der Waals surface area contributed by atoms with Gasteiger partial charge in [-0.2, -0.15) is 0 Å². The lowest BCUT2D eigenvalue weighted by Crippen LogP contribution is -2.26. The Balaban J connectivity index is 1.63. The Morgan fingerprint density at radius 1 is 1.25 bits per heavy atom. The Morgan fingerprint density at radius 2 is 2.00 bits per heavy atom. The maximum Gasteiger partial charge on any atom is 0.310 e. The molecule has 3 unspecified atom stereocenters. The molecular weight excluding hydrogens is 204 g/mol. The molecule has 0 aromatic rings. The van der Waals surface area contributed by atoms with E-state index in [0.717, 1.165) is 25.7 Å². The zero-order valence-corrected chi connectivity index (χ0v) is 9.22. The molecule has 0 amide bonds. The predicted molar refractivity (Wildman–Crippen MR) is 57.6 cm³/mol. The molecule has 3 heteroatoms. The van der Waals surface area contributed by atoms with Crippen LogP contribution in [0.3, 0.4) is 0 Å². The van der Waals surface area contributed by atoms with Gasteiger partial charge >= 0.3 is 5.97 Å². The first-order valence-electron chi connectivity index (χ1n) is 6.18. The van der Waals surface area contributed by atoms with Crippen LogP contribution >= 0.6 is 0 Å². The van der Waals surface area contributed by atoms with E-state index in [1.165, 1.54) is 0 Å². The highest BCUT2D eigenvalue weighted by Crippen LogP contribution is 2.41. The summed E-state index contributed by atoms with van der Waals surface area (Å²) in [5.74, 6) is -0.307. The molecule has 2 fully saturated rings. The average molecular weight is 220 g/mol. The van der Waals surface area contributed by atoms with Crippen LogP contribution in [0, 0.1) is 17.8 Å². The number of allylic oxidation sites excluding steroid dienone is 2. The highest BCUT2D eigenvalue weighted by Gasteiger charge is 2.48. The van der Waals surface area contributed by atoms with Crippen LogP contribution in [-0.2, 0) is 14.3 Å². The van der Waals surface area contributed by atoms with Gasteiger partial charge in [-0.1, -0.05) is 12.2 Å². The molecule has 2 saturated carbocycles. The summed E-state index contributed by atoms with van der Waals surface area (Å²) in [5.41, 5.74) is 0. The molecule has 0 aliphatic heterocycles. The van der Waals surface area contributed by atoms with Crippen molar-refractivity contribution in [1.29, 1.82) is 0 Å². The quantitative estimate of drug-likeness (QED) is 0.527. The minimum atomic E-state index is -0.192. The Bertz CT molecular complexity index is 352. The van der Waals surface area contributed by atoms with E-state index in [4.69, 9.17) is 4.74 Å². The second kappa shape index (κ2) is 3.72. The molecule has 0 heterocycles. The van der Waals surface area contributed by atoms with Gasteiger partial charge in [0, 0.05) is 11.8 Å². The molecule has 3 rings (SSSR count). The summed E-state index contributed by atoms with van der Waals surface area (Å²) in [4.78, 5) is 23.6. The Morgan fingerprint density at radius 3 is 2.56 bits per heavy atom. The van der Waals surface area contributed by atoms with E-state index in [2.05, 4.69) is 0 Å². The number of rotatable bonds is 2. The molecule has 2 bridgehead atoms. The Hall–Kier alpha value is -1.12. The SMILES string of the molecule is O=C1C2C=CC1C(C(=O)OC1CCCC1)C2. The van der Waals surface area contributed by atoms with Crippen LogP contribution in [0.25, 0.3) is 0 Å². The van der Waals surface area contributed by atoms with E-state index >= 15 is 0 Å². The maximum absolute atomic E-state index is 11.9. The van der Waals surface area contributed by atoms with E-state index in [1.807, 2.05) is 12.2 Å². The topological polar surface area (TPSA) is 43.4 Å². The lowest BCUT2D eigenvalue weighted by atomic mass is 9.94. The summed E-state index contributed by atoms with van der Waals surface area (Å²) < 4.78 is 5.47. The third-order valence-electron chi connectivity index (χ3n) is 4.07. The van der Waals surface area contributed by atoms with Crippen molar-refractivity contribution in [2.24, 2.45) is 17.8 Å². The van der Waals surface area contributed by atoms with Crippen LogP contribution in [0.2, 0.25) is 0 Å². The zero-order chi connectivity index (χ0) is 11.1. The van der Waals surface area contributed by atoms with Crippen LogP contribution in [0.5, 0.6) is 0 Å². The van der Waals surface area contributed by atoms with Crippen LogP contribution in [0.4, 0.5) is 0 Å². The number of hydrogen-bond acceptors (Lipinski definition) is 3. The van der Waals surface area contributed by atoms with Crippen molar-refractivity contribution in [3.63, 3.8) is 0 Å². The molecule has 0 aromatic heterocycles. The number of ketones is 1. The van der Waals surface area contributed by atoms with Crippen molar-refractivity contribution in [3.8, 4) is 0 Å². The van der Waals surface area contributed by atoms with Crippen LogP contribution in [-0.4, -0.2) is 17.9 Å².